The van der Waals surface area contributed by atoms with Gasteiger partial charge in [0.05, 0.1) is 40.9 Å². The molecule has 4 N–H and O–H groups in total. The van der Waals surface area contributed by atoms with E-state index in [1.54, 1.807) is 17.3 Å². The Morgan fingerprint density at radius 1 is 1.17 bits per heavy atom. The van der Waals surface area contributed by atoms with Gasteiger partial charge in [-0.05, 0) is 48.4 Å². The number of nitrogen functional groups attached to an aromatic ring is 1. The van der Waals surface area contributed by atoms with Gasteiger partial charge in [0, 0.05) is 43.8 Å². The maximum atomic E-state index is 13.1. The summed E-state index contributed by atoms with van der Waals surface area (Å²) in [6, 6.07) is 13.3. The van der Waals surface area contributed by atoms with Crippen LogP contribution in [-0.4, -0.2) is 65.9 Å². The molecule has 35 heavy (non-hydrogen) atoms. The minimum atomic E-state index is -0.203. The quantitative estimate of drug-likeness (QED) is 0.281. The van der Waals surface area contributed by atoms with Crippen LogP contribution in [0.4, 0.5) is 10.7 Å². The van der Waals surface area contributed by atoms with Crippen LogP contribution in [0, 0.1) is 5.41 Å². The third kappa shape index (κ3) is 4.58. The van der Waals surface area contributed by atoms with Crippen molar-refractivity contribution in [1.82, 2.24) is 14.9 Å². The monoisotopic (exact) mass is 488 g/mol. The number of carbonyl (C=O) groups is 1. The molecule has 3 aromatic heterocycles. The molecule has 0 saturated carbocycles. The average Bonchev–Trinajstić information content (AvgIpc) is 3.48. The normalized spacial score (nSPS) is 15.3. The molecule has 1 aromatic carbocycles. The number of anilines is 2. The fourth-order valence-corrected chi connectivity index (χ4v) is 5.40. The van der Waals surface area contributed by atoms with Crippen molar-refractivity contribution < 1.29 is 9.53 Å². The highest BCUT2D eigenvalue weighted by atomic mass is 32.1. The zero-order chi connectivity index (χ0) is 24.5. The molecule has 1 saturated heterocycles. The van der Waals surface area contributed by atoms with E-state index in [1.807, 2.05) is 56.4 Å². The van der Waals surface area contributed by atoms with E-state index in [0.29, 0.717) is 35.9 Å². The number of hydrogen-bond donors (Lipinski definition) is 3. The summed E-state index contributed by atoms with van der Waals surface area (Å²) in [7, 11) is 1.82. The molecule has 0 unspecified atom stereocenters. The number of morpholine rings is 1. The Labute approximate surface area is 207 Å². The van der Waals surface area contributed by atoms with Crippen molar-refractivity contribution in [2.75, 3.05) is 44.0 Å². The summed E-state index contributed by atoms with van der Waals surface area (Å²) in [6.07, 6.45) is 3.49. The van der Waals surface area contributed by atoms with E-state index >= 15 is 0 Å². The van der Waals surface area contributed by atoms with Gasteiger partial charge in [0.25, 0.3) is 0 Å². The smallest absolute Gasteiger partial charge is 0.244 e. The number of benzene rings is 1. The Balaban J connectivity index is 1.33. The maximum absolute atomic E-state index is 13.1. The lowest BCUT2D eigenvalue weighted by molar-refractivity contribution is -0.124. The number of thiophene rings is 1. The van der Waals surface area contributed by atoms with Crippen molar-refractivity contribution in [2.24, 2.45) is 0 Å². The number of amides is 1. The molecule has 0 radical (unpaired) electrons. The van der Waals surface area contributed by atoms with Gasteiger partial charge in [0.15, 0.2) is 0 Å². The standard InChI is InChI=1S/C26H28N6O2S/c1-16(32-9-11-34-12-10-32)26(33)31(2)24-15-21-23(35-24)14-22(30-21)25(28)19-4-3-18(13-20(19)27)17-5-7-29-8-6-17/h3-8,13-16,28,30H,9-12,27H2,1-2H3/t16-/m0/s1. The van der Waals surface area contributed by atoms with Crippen LogP contribution in [0.1, 0.15) is 18.2 Å². The molecule has 0 spiro atoms. The zero-order valence-corrected chi connectivity index (χ0v) is 20.6. The molecule has 4 aromatic rings. The molecule has 1 amide bonds. The lowest BCUT2D eigenvalue weighted by atomic mass is 10.00. The van der Waals surface area contributed by atoms with Crippen molar-refractivity contribution >= 4 is 43.9 Å². The molecule has 1 fully saturated rings. The number of nitrogens with two attached hydrogens (primary N) is 1. The number of ether oxygens (including phenoxy) is 1. The van der Waals surface area contributed by atoms with Crippen LogP contribution in [0.2, 0.25) is 0 Å². The predicted octanol–water partition coefficient (Wildman–Crippen LogP) is 3.97. The van der Waals surface area contributed by atoms with E-state index < -0.39 is 0 Å². The number of hydrogen-bond acceptors (Lipinski definition) is 7. The van der Waals surface area contributed by atoms with E-state index in [4.69, 9.17) is 15.9 Å². The summed E-state index contributed by atoms with van der Waals surface area (Å²) < 4.78 is 6.40. The summed E-state index contributed by atoms with van der Waals surface area (Å²) in [6.45, 7) is 4.81. The average molecular weight is 489 g/mol. The summed E-state index contributed by atoms with van der Waals surface area (Å²) in [5, 5.41) is 9.61. The van der Waals surface area contributed by atoms with E-state index in [2.05, 4.69) is 14.9 Å². The van der Waals surface area contributed by atoms with Crippen LogP contribution < -0.4 is 10.6 Å². The lowest BCUT2D eigenvalue weighted by Crippen LogP contribution is -2.50. The number of H-pyrrole nitrogens is 1. The van der Waals surface area contributed by atoms with Crippen LogP contribution in [-0.2, 0) is 9.53 Å². The minimum Gasteiger partial charge on any atom is -0.398 e. The number of fused-ring (bicyclic) bond motifs is 1. The van der Waals surface area contributed by atoms with E-state index in [-0.39, 0.29) is 11.9 Å². The number of nitrogens with zero attached hydrogens (tertiary/aromatic N) is 3. The van der Waals surface area contributed by atoms with Crippen molar-refractivity contribution in [3.8, 4) is 11.1 Å². The van der Waals surface area contributed by atoms with Crippen molar-refractivity contribution in [2.45, 2.75) is 13.0 Å². The second-order valence-electron chi connectivity index (χ2n) is 8.68. The maximum Gasteiger partial charge on any atom is 0.244 e. The largest absolute Gasteiger partial charge is 0.398 e. The first-order valence-electron chi connectivity index (χ1n) is 11.5. The Hall–Kier alpha value is -3.53. The zero-order valence-electron chi connectivity index (χ0n) is 19.7. The second kappa shape index (κ2) is 9.61. The van der Waals surface area contributed by atoms with Crippen molar-refractivity contribution in [3.05, 3.63) is 66.1 Å². The van der Waals surface area contributed by atoms with Gasteiger partial charge in [-0.15, -0.1) is 11.3 Å². The minimum absolute atomic E-state index is 0.0610. The first-order chi connectivity index (χ1) is 16.9. The molecule has 1 aliphatic rings. The Morgan fingerprint density at radius 3 is 2.60 bits per heavy atom. The molecule has 1 atom stereocenters. The molecule has 1 aliphatic heterocycles. The lowest BCUT2D eigenvalue weighted by Gasteiger charge is -2.33. The first-order valence-corrected chi connectivity index (χ1v) is 12.3. The van der Waals surface area contributed by atoms with Crippen molar-refractivity contribution in [3.63, 3.8) is 0 Å². The van der Waals surface area contributed by atoms with Gasteiger partial charge < -0.3 is 20.4 Å². The van der Waals surface area contributed by atoms with Crippen LogP contribution in [0.25, 0.3) is 21.3 Å². The number of carbonyl (C=O) groups excluding carboxylic acids is 1. The fraction of sp³-hybridized carbons (Fsp3) is 0.269. The van der Waals surface area contributed by atoms with Gasteiger partial charge in [-0.25, -0.2) is 0 Å². The van der Waals surface area contributed by atoms with Gasteiger partial charge in [-0.3, -0.25) is 20.1 Å². The Kier molecular flexibility index (Phi) is 6.38. The third-order valence-electron chi connectivity index (χ3n) is 6.51. The van der Waals surface area contributed by atoms with Crippen LogP contribution in [0.5, 0.6) is 0 Å². The summed E-state index contributed by atoms with van der Waals surface area (Å²) >= 11 is 1.53. The van der Waals surface area contributed by atoms with Gasteiger partial charge in [-0.2, -0.15) is 0 Å². The van der Waals surface area contributed by atoms with Crippen molar-refractivity contribution in [1.29, 1.82) is 5.41 Å². The highest BCUT2D eigenvalue weighted by molar-refractivity contribution is 7.23. The molecule has 9 heteroatoms. The van der Waals surface area contributed by atoms with E-state index in [1.165, 1.54) is 11.3 Å². The van der Waals surface area contributed by atoms with E-state index in [9.17, 15) is 4.79 Å². The number of rotatable bonds is 6. The number of aromatic amines is 1. The predicted molar refractivity (Wildman–Crippen MR) is 141 cm³/mol. The second-order valence-corrected chi connectivity index (χ2v) is 9.74. The number of nitrogens with one attached hydrogen (secondary N) is 2. The topological polar surface area (TPSA) is 111 Å². The summed E-state index contributed by atoms with van der Waals surface area (Å²) in [5.41, 5.74) is 11.5. The fourth-order valence-electron chi connectivity index (χ4n) is 4.38. The van der Waals surface area contributed by atoms with E-state index in [0.717, 1.165) is 39.4 Å². The van der Waals surface area contributed by atoms with Crippen LogP contribution in [0.15, 0.2) is 54.9 Å². The molecule has 0 aliphatic carbocycles. The summed E-state index contributed by atoms with van der Waals surface area (Å²) in [4.78, 5) is 24.3. The van der Waals surface area contributed by atoms with Crippen LogP contribution >= 0.6 is 11.3 Å². The molecule has 0 bridgehead atoms. The van der Waals surface area contributed by atoms with Gasteiger partial charge >= 0.3 is 0 Å². The molecule has 5 rings (SSSR count). The molecule has 8 nitrogen and oxygen atoms in total. The highest BCUT2D eigenvalue weighted by Gasteiger charge is 2.27. The first kappa shape index (κ1) is 23.2. The van der Waals surface area contributed by atoms with Crippen LogP contribution in [0.3, 0.4) is 0 Å². The third-order valence-corrected chi connectivity index (χ3v) is 7.67. The molecule has 180 valence electrons. The highest BCUT2D eigenvalue weighted by Crippen LogP contribution is 2.34. The molecular weight excluding hydrogens is 460 g/mol. The Bertz CT molecular complexity index is 1340. The molecular formula is C26H28N6O2S. The van der Waals surface area contributed by atoms with Gasteiger partial charge in [0.1, 0.15) is 5.00 Å². The number of aromatic nitrogens is 2. The summed E-state index contributed by atoms with van der Waals surface area (Å²) in [5.74, 6) is 0.0610. The molecule has 4 heterocycles. The number of likely N-dealkylation sites (N-methyl/N-ethyl adjacent to an activating group) is 1. The van der Waals surface area contributed by atoms with Gasteiger partial charge in [0.2, 0.25) is 5.91 Å². The number of pyridine rings is 1. The SMILES string of the molecule is C[C@@H](C(=O)N(C)c1cc2[nH]c(C(=N)c3ccc(-c4ccncc4)cc3N)cc2s1)N1CCOCC1. The Morgan fingerprint density at radius 2 is 1.91 bits per heavy atom. The van der Waals surface area contributed by atoms with Gasteiger partial charge in [-0.1, -0.05) is 12.1 Å².